The van der Waals surface area contributed by atoms with Gasteiger partial charge < -0.3 is 15.2 Å². The van der Waals surface area contributed by atoms with Crippen molar-refractivity contribution in [2.45, 2.75) is 25.3 Å². The molecule has 1 atom stereocenters. The first-order valence-corrected chi connectivity index (χ1v) is 9.65. The maximum absolute atomic E-state index is 12.5. The summed E-state index contributed by atoms with van der Waals surface area (Å²) in [4.78, 5) is 32.1. The molecule has 1 heterocycles. The minimum atomic E-state index is -1.05. The monoisotopic (exact) mass is 403 g/mol. The molecule has 1 unspecified atom stereocenters. The van der Waals surface area contributed by atoms with Crippen molar-refractivity contribution in [1.82, 2.24) is 15.3 Å². The van der Waals surface area contributed by atoms with Gasteiger partial charge in [-0.2, -0.15) is 0 Å². The molecule has 7 nitrogen and oxygen atoms in total. The number of carbonyl (C=O) groups excluding carboxylic acids is 1. The molecule has 0 bridgehead atoms. The Labute approximate surface area is 173 Å². The lowest BCUT2D eigenvalue weighted by Gasteiger charge is -2.19. The van der Waals surface area contributed by atoms with Crippen molar-refractivity contribution >= 4 is 12.1 Å². The van der Waals surface area contributed by atoms with Gasteiger partial charge in [0.15, 0.2) is 0 Å². The van der Waals surface area contributed by atoms with E-state index in [9.17, 15) is 14.7 Å². The lowest BCUT2D eigenvalue weighted by molar-refractivity contribution is -0.137. The maximum atomic E-state index is 12.5. The van der Waals surface area contributed by atoms with E-state index in [0.29, 0.717) is 11.4 Å². The quantitative estimate of drug-likeness (QED) is 0.648. The molecule has 1 aliphatic rings. The standard InChI is InChI=1S/C23H21N3O4/c1-14-22(25-11-10-24-14)20(12-21(27)28)26-23(29)30-13-19-17-8-4-2-6-15(17)16-7-3-5-9-18(16)19/h2-11,19-20H,12-13H2,1H3,(H,26,29)(H,27,28). The van der Waals surface area contributed by atoms with Gasteiger partial charge in [-0.3, -0.25) is 14.8 Å². The van der Waals surface area contributed by atoms with E-state index >= 15 is 0 Å². The normalized spacial score (nSPS) is 13.2. The smallest absolute Gasteiger partial charge is 0.407 e. The summed E-state index contributed by atoms with van der Waals surface area (Å²) in [7, 11) is 0. The topological polar surface area (TPSA) is 101 Å². The molecular formula is C23H21N3O4. The number of rotatable bonds is 6. The van der Waals surface area contributed by atoms with Gasteiger partial charge in [-0.25, -0.2) is 4.79 Å². The Kier molecular flexibility index (Phi) is 5.43. The molecule has 0 saturated carbocycles. The predicted octanol–water partition coefficient (Wildman–Crippen LogP) is 3.84. The Morgan fingerprint density at radius 3 is 2.23 bits per heavy atom. The molecule has 0 saturated heterocycles. The first kappa shape index (κ1) is 19.6. The van der Waals surface area contributed by atoms with Crippen LogP contribution in [0.5, 0.6) is 0 Å². The van der Waals surface area contributed by atoms with Gasteiger partial charge in [-0.05, 0) is 29.2 Å². The zero-order chi connectivity index (χ0) is 21.1. The SMILES string of the molecule is Cc1nccnc1C(CC(=O)O)NC(=O)OCC1c2ccccc2-c2ccccc21. The van der Waals surface area contributed by atoms with Crippen molar-refractivity contribution in [2.75, 3.05) is 6.61 Å². The number of hydrogen-bond acceptors (Lipinski definition) is 5. The van der Waals surface area contributed by atoms with Crippen molar-refractivity contribution in [3.63, 3.8) is 0 Å². The number of aryl methyl sites for hydroxylation is 1. The van der Waals surface area contributed by atoms with E-state index < -0.39 is 18.1 Å². The van der Waals surface area contributed by atoms with Crippen LogP contribution >= 0.6 is 0 Å². The molecule has 1 aromatic heterocycles. The third kappa shape index (κ3) is 3.87. The first-order valence-electron chi connectivity index (χ1n) is 9.65. The van der Waals surface area contributed by atoms with Gasteiger partial charge in [-0.15, -0.1) is 0 Å². The van der Waals surface area contributed by atoms with Crippen molar-refractivity contribution in [1.29, 1.82) is 0 Å². The van der Waals surface area contributed by atoms with E-state index in [2.05, 4.69) is 27.4 Å². The van der Waals surface area contributed by atoms with Gasteiger partial charge in [0.1, 0.15) is 6.61 Å². The number of carboxylic acid groups (broad SMARTS) is 1. The summed E-state index contributed by atoms with van der Waals surface area (Å²) in [6.07, 6.45) is 1.98. The number of nitrogens with zero attached hydrogens (tertiary/aromatic N) is 2. The lowest BCUT2D eigenvalue weighted by atomic mass is 9.98. The molecule has 2 N–H and O–H groups in total. The second kappa shape index (κ2) is 8.32. The Balaban J connectivity index is 1.49. The Hall–Kier alpha value is -3.74. The number of amides is 1. The second-order valence-corrected chi connectivity index (χ2v) is 7.15. The molecule has 0 spiro atoms. The molecule has 1 amide bonds. The number of benzene rings is 2. The van der Waals surface area contributed by atoms with Crippen LogP contribution in [0.2, 0.25) is 0 Å². The average molecular weight is 403 g/mol. The molecule has 0 fully saturated rings. The molecule has 3 aromatic rings. The molecular weight excluding hydrogens is 382 g/mol. The zero-order valence-electron chi connectivity index (χ0n) is 16.4. The van der Waals surface area contributed by atoms with Crippen LogP contribution < -0.4 is 5.32 Å². The van der Waals surface area contributed by atoms with E-state index in [4.69, 9.17) is 4.74 Å². The number of alkyl carbamates (subject to hydrolysis) is 1. The van der Waals surface area contributed by atoms with Crippen molar-refractivity contribution in [2.24, 2.45) is 0 Å². The summed E-state index contributed by atoms with van der Waals surface area (Å²) in [5.41, 5.74) is 5.47. The van der Waals surface area contributed by atoms with Gasteiger partial charge in [0.05, 0.1) is 23.9 Å². The summed E-state index contributed by atoms with van der Waals surface area (Å²) in [6, 6.07) is 15.3. The summed E-state index contributed by atoms with van der Waals surface area (Å²) >= 11 is 0. The fraction of sp³-hybridized carbons (Fsp3) is 0.217. The average Bonchev–Trinajstić information content (AvgIpc) is 3.06. The highest BCUT2D eigenvalue weighted by molar-refractivity contribution is 5.79. The highest BCUT2D eigenvalue weighted by Crippen LogP contribution is 2.44. The molecule has 30 heavy (non-hydrogen) atoms. The van der Waals surface area contributed by atoms with Crippen molar-refractivity contribution in [3.05, 3.63) is 83.4 Å². The number of carbonyl (C=O) groups is 2. The molecule has 2 aromatic carbocycles. The van der Waals surface area contributed by atoms with Crippen LogP contribution in [0.3, 0.4) is 0 Å². The van der Waals surface area contributed by atoms with Crippen LogP contribution in [0.1, 0.15) is 40.9 Å². The zero-order valence-corrected chi connectivity index (χ0v) is 16.4. The van der Waals surface area contributed by atoms with Crippen LogP contribution in [0.25, 0.3) is 11.1 Å². The van der Waals surface area contributed by atoms with Gasteiger partial charge in [0.25, 0.3) is 0 Å². The molecule has 7 heteroatoms. The highest BCUT2D eigenvalue weighted by Gasteiger charge is 2.29. The maximum Gasteiger partial charge on any atom is 0.407 e. The third-order valence-corrected chi connectivity index (χ3v) is 5.26. The van der Waals surface area contributed by atoms with Crippen LogP contribution in [0, 0.1) is 6.92 Å². The summed E-state index contributed by atoms with van der Waals surface area (Å²) in [5.74, 6) is -1.12. The number of aromatic nitrogens is 2. The number of hydrogen-bond donors (Lipinski definition) is 2. The van der Waals surface area contributed by atoms with Crippen molar-refractivity contribution in [3.8, 4) is 11.1 Å². The van der Waals surface area contributed by atoms with Gasteiger partial charge in [0.2, 0.25) is 0 Å². The summed E-state index contributed by atoms with van der Waals surface area (Å²) in [6.45, 7) is 1.87. The van der Waals surface area contributed by atoms with Crippen LogP contribution in [0.4, 0.5) is 4.79 Å². The summed E-state index contributed by atoms with van der Waals surface area (Å²) < 4.78 is 5.52. The molecule has 0 aliphatic heterocycles. The highest BCUT2D eigenvalue weighted by atomic mass is 16.5. The van der Waals surface area contributed by atoms with E-state index in [-0.39, 0.29) is 18.9 Å². The number of aliphatic carboxylic acids is 1. The Bertz CT molecular complexity index is 1050. The van der Waals surface area contributed by atoms with Crippen LogP contribution in [0.15, 0.2) is 60.9 Å². The Morgan fingerprint density at radius 1 is 1.03 bits per heavy atom. The number of carboxylic acids is 1. The largest absolute Gasteiger partial charge is 0.481 e. The Morgan fingerprint density at radius 2 is 1.63 bits per heavy atom. The van der Waals surface area contributed by atoms with Crippen LogP contribution in [-0.2, 0) is 9.53 Å². The van der Waals surface area contributed by atoms with Gasteiger partial charge in [-0.1, -0.05) is 48.5 Å². The van der Waals surface area contributed by atoms with Gasteiger partial charge in [0, 0.05) is 18.3 Å². The first-order chi connectivity index (χ1) is 14.5. The van der Waals surface area contributed by atoms with E-state index in [1.807, 2.05) is 36.4 Å². The number of fused-ring (bicyclic) bond motifs is 3. The van der Waals surface area contributed by atoms with E-state index in [1.54, 1.807) is 6.92 Å². The molecule has 1 aliphatic carbocycles. The minimum absolute atomic E-state index is 0.0701. The predicted molar refractivity (Wildman–Crippen MR) is 110 cm³/mol. The van der Waals surface area contributed by atoms with Crippen LogP contribution in [-0.4, -0.2) is 33.7 Å². The van der Waals surface area contributed by atoms with E-state index in [1.165, 1.54) is 12.4 Å². The molecule has 152 valence electrons. The number of ether oxygens (including phenoxy) is 1. The summed E-state index contributed by atoms with van der Waals surface area (Å²) in [5, 5.41) is 11.9. The molecule has 4 rings (SSSR count). The third-order valence-electron chi connectivity index (χ3n) is 5.26. The fourth-order valence-electron chi connectivity index (χ4n) is 3.93. The lowest BCUT2D eigenvalue weighted by Crippen LogP contribution is -2.32. The number of nitrogens with one attached hydrogen (secondary N) is 1. The second-order valence-electron chi connectivity index (χ2n) is 7.15. The van der Waals surface area contributed by atoms with E-state index in [0.717, 1.165) is 22.3 Å². The molecule has 0 radical (unpaired) electrons. The van der Waals surface area contributed by atoms with Crippen molar-refractivity contribution < 1.29 is 19.4 Å². The fourth-order valence-corrected chi connectivity index (χ4v) is 3.93. The van der Waals surface area contributed by atoms with Gasteiger partial charge >= 0.3 is 12.1 Å². The minimum Gasteiger partial charge on any atom is -0.481 e.